The minimum atomic E-state index is -2.22. The number of hydrogen-bond donors (Lipinski definition) is 1. The average molecular weight is 351 g/mol. The van der Waals surface area contributed by atoms with Crippen LogP contribution in [-0.4, -0.2) is 31.3 Å². The maximum atomic E-state index is 12.7. The summed E-state index contributed by atoms with van der Waals surface area (Å²) in [5.74, 6) is 0.194. The van der Waals surface area contributed by atoms with Crippen molar-refractivity contribution in [2.24, 2.45) is 0 Å². The number of carbonyl (C=O) groups excluding carboxylic acids is 1. The van der Waals surface area contributed by atoms with E-state index in [4.69, 9.17) is 4.74 Å². The van der Waals surface area contributed by atoms with Crippen LogP contribution in [-0.2, 0) is 16.1 Å². The van der Waals surface area contributed by atoms with E-state index in [1.165, 1.54) is 0 Å². The second-order valence-electron chi connectivity index (χ2n) is 8.08. The molecule has 0 spiro atoms. The third-order valence-electron chi connectivity index (χ3n) is 5.24. The number of Topliss-reactive ketones (excluding diaryl/α,β-unsaturated/α-hetero) is 1. The molecule has 0 bridgehead atoms. The number of ketones is 1. The van der Waals surface area contributed by atoms with Gasteiger partial charge in [0, 0.05) is 18.2 Å². The number of rotatable bonds is 9. The van der Waals surface area contributed by atoms with Crippen LogP contribution in [0.1, 0.15) is 53.0 Å². The zero-order chi connectivity index (χ0) is 18.4. The zero-order valence-electron chi connectivity index (χ0n) is 16.1. The Morgan fingerprint density at radius 2 is 1.83 bits per heavy atom. The topological polar surface area (TPSA) is 46.5 Å². The van der Waals surface area contributed by atoms with Crippen LogP contribution in [0.3, 0.4) is 0 Å². The number of benzene rings is 1. The van der Waals surface area contributed by atoms with Gasteiger partial charge in [0.05, 0.1) is 20.8 Å². The van der Waals surface area contributed by atoms with Crippen LogP contribution in [0.4, 0.5) is 0 Å². The smallest absolute Gasteiger partial charge is 0.135 e. The molecule has 0 heterocycles. The lowest BCUT2D eigenvalue weighted by atomic mass is 10.1. The molecule has 136 valence electrons. The second kappa shape index (κ2) is 8.93. The largest absolute Gasteiger partial charge is 0.393 e. The van der Waals surface area contributed by atoms with E-state index < -0.39 is 14.2 Å². The van der Waals surface area contributed by atoms with Crippen molar-refractivity contribution >= 4 is 13.9 Å². The van der Waals surface area contributed by atoms with Crippen molar-refractivity contribution in [3.05, 3.63) is 35.9 Å². The molecule has 1 aromatic carbocycles. The van der Waals surface area contributed by atoms with Crippen LogP contribution in [0.25, 0.3) is 0 Å². The highest BCUT2D eigenvalue weighted by Gasteiger charge is 2.51. The summed E-state index contributed by atoms with van der Waals surface area (Å²) in [5, 5.41) is 10.3. The summed E-state index contributed by atoms with van der Waals surface area (Å²) in [6.07, 6.45) is 1.31. The van der Waals surface area contributed by atoms with Gasteiger partial charge in [-0.15, -0.1) is 0 Å². The second-order valence-corrected chi connectivity index (χ2v) is 13.3. The first-order chi connectivity index (χ1) is 11.1. The summed E-state index contributed by atoms with van der Waals surface area (Å²) in [4.78, 5) is 12.7. The Kier molecular flexibility index (Phi) is 7.84. The van der Waals surface area contributed by atoms with Crippen LogP contribution < -0.4 is 0 Å². The normalized spacial score (nSPS) is 17.1. The van der Waals surface area contributed by atoms with Gasteiger partial charge < -0.3 is 9.84 Å². The average Bonchev–Trinajstić information content (AvgIpc) is 2.47. The van der Waals surface area contributed by atoms with Crippen molar-refractivity contribution in [3.63, 3.8) is 0 Å². The van der Waals surface area contributed by atoms with Gasteiger partial charge in [0.2, 0.25) is 0 Å². The van der Waals surface area contributed by atoms with Crippen LogP contribution in [0.5, 0.6) is 0 Å². The summed E-state index contributed by atoms with van der Waals surface area (Å²) in [5.41, 5.74) is 0.851. The van der Waals surface area contributed by atoms with Gasteiger partial charge in [0.15, 0.2) is 0 Å². The van der Waals surface area contributed by atoms with Crippen molar-refractivity contribution in [1.82, 2.24) is 0 Å². The van der Waals surface area contributed by atoms with Crippen LogP contribution >= 0.6 is 0 Å². The summed E-state index contributed by atoms with van der Waals surface area (Å²) >= 11 is 0. The van der Waals surface area contributed by atoms with Crippen molar-refractivity contribution in [1.29, 1.82) is 0 Å². The molecule has 0 saturated heterocycles. The molecule has 0 radical (unpaired) electrons. The van der Waals surface area contributed by atoms with Crippen molar-refractivity contribution in [2.45, 2.75) is 77.3 Å². The molecule has 0 aliphatic heterocycles. The Balaban J connectivity index is 2.97. The van der Waals surface area contributed by atoms with Gasteiger partial charge in [-0.3, -0.25) is 4.79 Å². The van der Waals surface area contributed by atoms with Gasteiger partial charge in [0.1, 0.15) is 5.78 Å². The third-order valence-corrected chi connectivity index (χ3v) is 11.6. The molecule has 3 atom stereocenters. The van der Waals surface area contributed by atoms with E-state index >= 15 is 0 Å². The Labute approximate surface area is 148 Å². The van der Waals surface area contributed by atoms with E-state index in [0.29, 0.717) is 19.3 Å². The fourth-order valence-corrected chi connectivity index (χ4v) is 7.28. The third kappa shape index (κ3) is 5.26. The summed E-state index contributed by atoms with van der Waals surface area (Å²) in [7, 11) is -2.22. The molecule has 0 unspecified atom stereocenters. The highest BCUT2D eigenvalue weighted by Crippen LogP contribution is 2.46. The Morgan fingerprint density at radius 3 is 2.29 bits per heavy atom. The number of aliphatic hydroxyl groups excluding tert-OH is 1. The standard InChI is InChI=1S/C20H34O3Si/c1-7-11-18(22)19(16(2)21)24(6,20(3,4)5)15-23-14-17-12-9-8-10-13-17/h8-10,12-13,16,19,21H,7,11,14-15H2,1-6H3/t16-,19+,24+/m1/s1. The monoisotopic (exact) mass is 350 g/mol. The molecule has 0 aromatic heterocycles. The quantitative estimate of drug-likeness (QED) is 0.654. The van der Waals surface area contributed by atoms with E-state index in [1.54, 1.807) is 6.92 Å². The number of aliphatic hydroxyl groups is 1. The highest BCUT2D eigenvalue weighted by molar-refractivity contribution is 6.85. The maximum Gasteiger partial charge on any atom is 0.135 e. The molecule has 0 amide bonds. The molecule has 24 heavy (non-hydrogen) atoms. The molecule has 1 N–H and O–H groups in total. The lowest BCUT2D eigenvalue weighted by Gasteiger charge is -2.46. The summed E-state index contributed by atoms with van der Waals surface area (Å²) in [6.45, 7) is 13.1. The number of hydrogen-bond acceptors (Lipinski definition) is 3. The molecule has 0 aliphatic carbocycles. The van der Waals surface area contributed by atoms with E-state index in [0.717, 1.165) is 12.0 Å². The van der Waals surface area contributed by atoms with E-state index in [2.05, 4.69) is 27.3 Å². The van der Waals surface area contributed by atoms with E-state index in [-0.39, 0.29) is 16.4 Å². The lowest BCUT2D eigenvalue weighted by molar-refractivity contribution is -0.121. The van der Waals surface area contributed by atoms with Crippen LogP contribution in [0, 0.1) is 0 Å². The summed E-state index contributed by atoms with van der Waals surface area (Å²) in [6, 6.07) is 10.1. The number of carbonyl (C=O) groups is 1. The fourth-order valence-electron chi connectivity index (χ4n) is 3.29. The highest BCUT2D eigenvalue weighted by atomic mass is 28.3. The first-order valence-electron chi connectivity index (χ1n) is 8.96. The molecule has 3 nitrogen and oxygen atoms in total. The van der Waals surface area contributed by atoms with Crippen molar-refractivity contribution in [2.75, 3.05) is 6.23 Å². The van der Waals surface area contributed by atoms with Crippen LogP contribution in [0.15, 0.2) is 30.3 Å². The maximum absolute atomic E-state index is 12.7. The Hall–Kier alpha value is -0.973. The zero-order valence-corrected chi connectivity index (χ0v) is 17.1. The Bertz CT molecular complexity index is 507. The fraction of sp³-hybridized carbons (Fsp3) is 0.650. The SMILES string of the molecule is CCCC(=O)[C@H]([C@@H](C)O)[Si@](C)(COCc1ccccc1)C(C)(C)C. The number of ether oxygens (including phenoxy) is 1. The molecule has 1 aromatic rings. The van der Waals surface area contributed by atoms with Gasteiger partial charge >= 0.3 is 0 Å². The Morgan fingerprint density at radius 1 is 1.25 bits per heavy atom. The molecule has 0 fully saturated rings. The van der Waals surface area contributed by atoms with Crippen molar-refractivity contribution in [3.8, 4) is 0 Å². The first-order valence-corrected chi connectivity index (χ1v) is 11.7. The first kappa shape index (κ1) is 21.1. The minimum Gasteiger partial charge on any atom is -0.393 e. The molecule has 1 rings (SSSR count). The lowest BCUT2D eigenvalue weighted by Crippen LogP contribution is -2.55. The van der Waals surface area contributed by atoms with Gasteiger partial charge in [0.25, 0.3) is 0 Å². The van der Waals surface area contributed by atoms with Crippen LogP contribution in [0.2, 0.25) is 17.1 Å². The predicted octanol–water partition coefficient (Wildman–Crippen LogP) is 4.74. The van der Waals surface area contributed by atoms with Gasteiger partial charge in [-0.05, 0) is 23.9 Å². The molecule has 0 saturated carbocycles. The minimum absolute atomic E-state index is 0.0330. The van der Waals surface area contributed by atoms with E-state index in [1.807, 2.05) is 37.3 Å². The van der Waals surface area contributed by atoms with Gasteiger partial charge in [-0.2, -0.15) is 0 Å². The van der Waals surface area contributed by atoms with Gasteiger partial charge in [-0.25, -0.2) is 0 Å². The van der Waals surface area contributed by atoms with E-state index in [9.17, 15) is 9.90 Å². The molecule has 4 heteroatoms. The predicted molar refractivity (Wildman–Crippen MR) is 103 cm³/mol. The van der Waals surface area contributed by atoms with Crippen molar-refractivity contribution < 1.29 is 14.6 Å². The summed E-state index contributed by atoms with van der Waals surface area (Å²) < 4.78 is 6.07. The van der Waals surface area contributed by atoms with Gasteiger partial charge in [-0.1, -0.05) is 64.6 Å². The molecular formula is C20H34O3Si. The molecular weight excluding hydrogens is 316 g/mol. The molecule has 0 aliphatic rings.